The molecule has 1 saturated heterocycles. The molecule has 1 aliphatic carbocycles. The topological polar surface area (TPSA) is 83.6 Å². The molecule has 7 nitrogen and oxygen atoms in total. The van der Waals surface area contributed by atoms with Gasteiger partial charge < -0.3 is 20.3 Å². The van der Waals surface area contributed by atoms with E-state index in [-0.39, 0.29) is 24.0 Å². The van der Waals surface area contributed by atoms with E-state index >= 15 is 0 Å². The minimum atomic E-state index is -0.445. The van der Waals surface area contributed by atoms with Gasteiger partial charge in [0.05, 0.1) is 0 Å². The van der Waals surface area contributed by atoms with Crippen molar-refractivity contribution in [2.45, 2.75) is 69.8 Å². The number of benzene rings is 1. The molecule has 2 aromatic rings. The van der Waals surface area contributed by atoms with E-state index < -0.39 is 6.04 Å². The Labute approximate surface area is 194 Å². The average molecular weight is 447 g/mol. The van der Waals surface area contributed by atoms with Gasteiger partial charge >= 0.3 is 0 Å². The van der Waals surface area contributed by atoms with E-state index in [1.54, 1.807) is 4.90 Å². The first-order valence-corrected chi connectivity index (χ1v) is 11.8. The number of fused-ring (bicyclic) bond motifs is 1. The zero-order chi connectivity index (χ0) is 22.8. The lowest BCUT2D eigenvalue weighted by Crippen LogP contribution is -2.49. The fraction of sp³-hybridized carbons (Fsp3) is 0.423. The van der Waals surface area contributed by atoms with Gasteiger partial charge in [-0.1, -0.05) is 13.0 Å². The summed E-state index contributed by atoms with van der Waals surface area (Å²) in [4.78, 5) is 31.1. The van der Waals surface area contributed by atoms with Gasteiger partial charge in [-0.15, -0.1) is 0 Å². The van der Waals surface area contributed by atoms with Gasteiger partial charge in [-0.2, -0.15) is 0 Å². The Hall–Kier alpha value is -3.19. The number of allylic oxidation sites excluding steroid dienone is 1. The van der Waals surface area contributed by atoms with Crippen LogP contribution in [-0.4, -0.2) is 39.9 Å². The molecule has 1 saturated carbocycles. The number of ether oxygens (including phenoxy) is 1. The Morgan fingerprint density at radius 2 is 1.94 bits per heavy atom. The first kappa shape index (κ1) is 21.6. The van der Waals surface area contributed by atoms with Crippen LogP contribution in [0.5, 0.6) is 5.75 Å². The molecule has 0 bridgehead atoms. The lowest BCUT2D eigenvalue weighted by atomic mass is 9.92. The minimum Gasteiger partial charge on any atom is -0.489 e. The van der Waals surface area contributed by atoms with Gasteiger partial charge in [0.2, 0.25) is 5.91 Å². The van der Waals surface area contributed by atoms with Crippen LogP contribution in [0.25, 0.3) is 0 Å². The molecule has 1 aromatic heterocycles. The van der Waals surface area contributed by atoms with Gasteiger partial charge in [0.1, 0.15) is 17.9 Å². The maximum Gasteiger partial charge on any atom is 0.255 e. The van der Waals surface area contributed by atoms with E-state index in [4.69, 9.17) is 4.74 Å². The Kier molecular flexibility index (Phi) is 6.13. The number of hydrogen-bond donors (Lipinski definition) is 2. The van der Waals surface area contributed by atoms with E-state index in [0.29, 0.717) is 24.9 Å². The summed E-state index contributed by atoms with van der Waals surface area (Å²) in [6.07, 6.45) is 9.44. The third-order valence-electron chi connectivity index (χ3n) is 6.91. The molecule has 5 rings (SSSR count). The number of rotatable bonds is 6. The van der Waals surface area contributed by atoms with Crippen LogP contribution in [0.15, 0.2) is 55.0 Å². The molecule has 3 atom stereocenters. The zero-order valence-electron chi connectivity index (χ0n) is 18.8. The maximum atomic E-state index is 13.0. The number of hydrogen-bond acceptors (Lipinski definition) is 5. The minimum absolute atomic E-state index is 0.0845. The Balaban J connectivity index is 1.25. The first-order chi connectivity index (χ1) is 16.1. The van der Waals surface area contributed by atoms with Crippen LogP contribution in [0.3, 0.4) is 0 Å². The number of nitrogens with zero attached hydrogens (tertiary/aromatic N) is 2. The van der Waals surface area contributed by atoms with Crippen molar-refractivity contribution in [1.29, 1.82) is 0 Å². The predicted octanol–water partition coefficient (Wildman–Crippen LogP) is 3.31. The zero-order valence-corrected chi connectivity index (χ0v) is 18.8. The van der Waals surface area contributed by atoms with Crippen LogP contribution in [-0.2, 0) is 17.9 Å². The highest BCUT2D eigenvalue weighted by Crippen LogP contribution is 2.32. The van der Waals surface area contributed by atoms with Crippen molar-refractivity contribution in [1.82, 2.24) is 20.5 Å². The van der Waals surface area contributed by atoms with Crippen molar-refractivity contribution in [3.63, 3.8) is 0 Å². The van der Waals surface area contributed by atoms with Crippen LogP contribution < -0.4 is 15.4 Å². The van der Waals surface area contributed by atoms with Gasteiger partial charge in [-0.25, -0.2) is 0 Å². The van der Waals surface area contributed by atoms with E-state index in [1.807, 2.05) is 42.7 Å². The van der Waals surface area contributed by atoms with E-state index in [1.165, 1.54) is 12.0 Å². The molecule has 0 spiro atoms. The molecular weight excluding hydrogens is 416 g/mol. The summed E-state index contributed by atoms with van der Waals surface area (Å²) in [5, 5.41) is 6.44. The SMILES string of the molecule is C=C1CCC(N2Cc3cc(O[C@H]4CCCC[C@@H]4NCc4ccncc4)ccc3C2=O)C(=O)N1. The van der Waals surface area contributed by atoms with Crippen molar-refractivity contribution in [2.24, 2.45) is 0 Å². The van der Waals surface area contributed by atoms with Crippen LogP contribution in [0.2, 0.25) is 0 Å². The molecule has 2 fully saturated rings. The second-order valence-corrected chi connectivity index (χ2v) is 9.18. The molecule has 3 aliphatic rings. The first-order valence-electron chi connectivity index (χ1n) is 11.8. The predicted molar refractivity (Wildman–Crippen MR) is 124 cm³/mol. The van der Waals surface area contributed by atoms with Gasteiger partial charge in [-0.3, -0.25) is 14.6 Å². The molecule has 2 N–H and O–H groups in total. The Morgan fingerprint density at radius 3 is 2.76 bits per heavy atom. The summed E-state index contributed by atoms with van der Waals surface area (Å²) in [7, 11) is 0. The lowest BCUT2D eigenvalue weighted by Gasteiger charge is -2.33. The van der Waals surface area contributed by atoms with Crippen LogP contribution in [0, 0.1) is 0 Å². The normalized spacial score (nSPS) is 25.0. The number of carbonyl (C=O) groups is 2. The standard InChI is InChI=1S/C26H30N4O3/c1-17-6-9-23(25(31)29-17)30-16-19-14-20(7-8-21(19)26(30)32)33-24-5-3-2-4-22(24)28-15-18-10-12-27-13-11-18/h7-8,10-14,22-24,28H,1-6,9,15-16H2,(H,29,31)/t22-,23?,24-/m0/s1. The highest BCUT2D eigenvalue weighted by molar-refractivity contribution is 6.01. The summed E-state index contributed by atoms with van der Waals surface area (Å²) in [5.74, 6) is 0.556. The molecule has 1 aromatic carbocycles. The molecular formula is C26H30N4O3. The highest BCUT2D eigenvalue weighted by atomic mass is 16.5. The van der Waals surface area contributed by atoms with Crippen LogP contribution in [0.1, 0.15) is 60.0 Å². The average Bonchev–Trinajstić information content (AvgIpc) is 3.14. The van der Waals surface area contributed by atoms with Gasteiger partial charge in [-0.05, 0) is 73.6 Å². The lowest BCUT2D eigenvalue weighted by molar-refractivity contribution is -0.126. The van der Waals surface area contributed by atoms with Crippen molar-refractivity contribution < 1.29 is 14.3 Å². The van der Waals surface area contributed by atoms with Crippen molar-refractivity contribution >= 4 is 11.8 Å². The Bertz CT molecular complexity index is 1050. The van der Waals surface area contributed by atoms with E-state index in [9.17, 15) is 9.59 Å². The number of nitrogens with one attached hydrogen (secondary N) is 2. The summed E-state index contributed by atoms with van der Waals surface area (Å²) in [5.41, 5.74) is 3.51. The molecule has 1 unspecified atom stereocenters. The van der Waals surface area contributed by atoms with E-state index in [0.717, 1.165) is 42.8 Å². The van der Waals surface area contributed by atoms with Crippen LogP contribution in [0.4, 0.5) is 0 Å². The third kappa shape index (κ3) is 4.64. The summed E-state index contributed by atoms with van der Waals surface area (Å²) >= 11 is 0. The summed E-state index contributed by atoms with van der Waals surface area (Å²) < 4.78 is 6.44. The number of aromatic nitrogens is 1. The molecule has 7 heteroatoms. The molecule has 172 valence electrons. The second-order valence-electron chi connectivity index (χ2n) is 9.18. The van der Waals surface area contributed by atoms with Crippen molar-refractivity contribution in [3.8, 4) is 5.75 Å². The highest BCUT2D eigenvalue weighted by Gasteiger charge is 2.38. The number of amides is 2. The number of carbonyl (C=O) groups excluding carboxylic acids is 2. The van der Waals surface area contributed by atoms with Gasteiger partial charge in [0.15, 0.2) is 0 Å². The van der Waals surface area contributed by atoms with Gasteiger partial charge in [0.25, 0.3) is 5.91 Å². The quantitative estimate of drug-likeness (QED) is 0.711. The third-order valence-corrected chi connectivity index (χ3v) is 6.91. The smallest absolute Gasteiger partial charge is 0.255 e. The van der Waals surface area contributed by atoms with Gasteiger partial charge in [0, 0.05) is 42.8 Å². The van der Waals surface area contributed by atoms with Crippen molar-refractivity contribution in [3.05, 3.63) is 71.7 Å². The fourth-order valence-corrected chi connectivity index (χ4v) is 5.10. The summed E-state index contributed by atoms with van der Waals surface area (Å²) in [6.45, 7) is 5.05. The van der Waals surface area contributed by atoms with E-state index in [2.05, 4.69) is 22.2 Å². The van der Waals surface area contributed by atoms with Crippen molar-refractivity contribution in [2.75, 3.05) is 0 Å². The van der Waals surface area contributed by atoms with Crippen LogP contribution >= 0.6 is 0 Å². The maximum absolute atomic E-state index is 13.0. The number of piperidine rings is 1. The molecule has 33 heavy (non-hydrogen) atoms. The number of pyridine rings is 1. The second kappa shape index (κ2) is 9.35. The monoisotopic (exact) mass is 446 g/mol. The molecule has 3 heterocycles. The molecule has 0 radical (unpaired) electrons. The largest absolute Gasteiger partial charge is 0.489 e. The molecule has 2 amide bonds. The molecule has 2 aliphatic heterocycles. The Morgan fingerprint density at radius 1 is 1.12 bits per heavy atom. The summed E-state index contributed by atoms with van der Waals surface area (Å²) in [6, 6.07) is 9.58. The fourth-order valence-electron chi connectivity index (χ4n) is 5.10.